The fourth-order valence-electron chi connectivity index (χ4n) is 1.90. The number of alkyl halides is 1. The zero-order chi connectivity index (χ0) is 17.0. The number of sulfonamides is 1. The Labute approximate surface area is 140 Å². The quantitative estimate of drug-likeness (QED) is 0.529. The van der Waals surface area contributed by atoms with Crippen molar-refractivity contribution in [1.29, 1.82) is 0 Å². The van der Waals surface area contributed by atoms with Crippen molar-refractivity contribution in [1.82, 2.24) is 4.31 Å². The Bertz CT molecular complexity index is 628. The minimum atomic E-state index is -3.57. The summed E-state index contributed by atoms with van der Waals surface area (Å²) >= 11 is 3.32. The number of ether oxygens (including phenoxy) is 1. The third kappa shape index (κ3) is 4.54. The monoisotopic (exact) mass is 391 g/mol. The van der Waals surface area contributed by atoms with Crippen LogP contribution < -0.4 is 0 Å². The molecule has 0 saturated carbocycles. The third-order valence-electron chi connectivity index (χ3n) is 3.55. The normalized spacial score (nSPS) is 12.5. The van der Waals surface area contributed by atoms with Gasteiger partial charge in [-0.15, -0.1) is 0 Å². The Morgan fingerprint density at radius 3 is 2.55 bits per heavy atom. The molecule has 0 heterocycles. The lowest BCUT2D eigenvalue weighted by Gasteiger charge is -2.25. The zero-order valence-electron chi connectivity index (χ0n) is 13.3. The lowest BCUT2D eigenvalue weighted by molar-refractivity contribution is -0.151. The average molecular weight is 392 g/mol. The third-order valence-corrected chi connectivity index (χ3v) is 6.05. The van der Waals surface area contributed by atoms with Crippen molar-refractivity contribution in [2.24, 2.45) is 5.41 Å². The molecule has 0 fully saturated rings. The van der Waals surface area contributed by atoms with E-state index >= 15 is 0 Å². The molecule has 1 rings (SSSR count). The molecule has 0 aliphatic heterocycles. The number of hydrogen-bond donors (Lipinski definition) is 0. The summed E-state index contributed by atoms with van der Waals surface area (Å²) in [6.07, 6.45) is 0.382. The molecule has 0 spiro atoms. The molecule has 124 valence electrons. The number of benzene rings is 1. The molecule has 0 aliphatic rings. The van der Waals surface area contributed by atoms with E-state index in [0.717, 1.165) is 5.56 Å². The van der Waals surface area contributed by atoms with Crippen molar-refractivity contribution in [3.8, 4) is 0 Å². The van der Waals surface area contributed by atoms with Crippen LogP contribution in [-0.2, 0) is 24.9 Å². The molecular formula is C15H22BrNO4S. The van der Waals surface area contributed by atoms with Gasteiger partial charge in [0.2, 0.25) is 10.0 Å². The summed E-state index contributed by atoms with van der Waals surface area (Å²) in [7, 11) is -0.719. The van der Waals surface area contributed by atoms with Gasteiger partial charge in [0.1, 0.15) is 0 Å². The lowest BCUT2D eigenvalue weighted by atomic mass is 9.89. The van der Waals surface area contributed by atoms with Crippen molar-refractivity contribution in [2.45, 2.75) is 30.5 Å². The fraction of sp³-hybridized carbons (Fsp3) is 0.533. The second kappa shape index (κ2) is 7.57. The van der Waals surface area contributed by atoms with E-state index in [0.29, 0.717) is 11.8 Å². The van der Waals surface area contributed by atoms with Crippen LogP contribution in [0.1, 0.15) is 25.8 Å². The first-order valence-electron chi connectivity index (χ1n) is 6.85. The van der Waals surface area contributed by atoms with Gasteiger partial charge in [-0.05, 0) is 38.0 Å². The minimum Gasteiger partial charge on any atom is -0.469 e. The number of halogens is 1. The number of hydrogen-bond acceptors (Lipinski definition) is 4. The highest BCUT2D eigenvalue weighted by atomic mass is 79.9. The Morgan fingerprint density at radius 2 is 2.00 bits per heavy atom. The molecule has 0 radical (unpaired) electrons. The van der Waals surface area contributed by atoms with Crippen LogP contribution in [0.3, 0.4) is 0 Å². The van der Waals surface area contributed by atoms with E-state index in [1.807, 2.05) is 6.07 Å². The average Bonchev–Trinajstić information content (AvgIpc) is 2.51. The van der Waals surface area contributed by atoms with Crippen LogP contribution in [0, 0.1) is 5.41 Å². The van der Waals surface area contributed by atoms with Crippen LogP contribution in [0.4, 0.5) is 0 Å². The number of esters is 1. The molecule has 5 nitrogen and oxygen atoms in total. The van der Waals surface area contributed by atoms with Gasteiger partial charge in [-0.1, -0.05) is 28.1 Å². The number of nitrogens with zero attached hydrogens (tertiary/aromatic N) is 1. The molecule has 0 N–H and O–H groups in total. The standard InChI is InChI=1S/C15H22BrNO4S/c1-15(2,14(18)21-4)8-9-17(3)22(19,20)13-7-5-6-12(10-13)11-16/h5-7,10H,8-9,11H2,1-4H3. The van der Waals surface area contributed by atoms with Gasteiger partial charge < -0.3 is 4.74 Å². The highest BCUT2D eigenvalue weighted by Crippen LogP contribution is 2.24. The Balaban J connectivity index is 2.87. The lowest BCUT2D eigenvalue weighted by Crippen LogP contribution is -2.34. The van der Waals surface area contributed by atoms with Gasteiger partial charge in [0, 0.05) is 18.9 Å². The van der Waals surface area contributed by atoms with E-state index in [-0.39, 0.29) is 17.4 Å². The first kappa shape index (κ1) is 19.1. The molecule has 1 aromatic rings. The Hall–Kier alpha value is -0.920. The highest BCUT2D eigenvalue weighted by molar-refractivity contribution is 9.08. The van der Waals surface area contributed by atoms with Crippen molar-refractivity contribution < 1.29 is 17.9 Å². The summed E-state index contributed by atoms with van der Waals surface area (Å²) in [6, 6.07) is 6.79. The molecule has 0 atom stereocenters. The predicted molar refractivity (Wildman–Crippen MR) is 89.3 cm³/mol. The summed E-state index contributed by atoms with van der Waals surface area (Å²) < 4.78 is 31.1. The van der Waals surface area contributed by atoms with E-state index in [1.54, 1.807) is 32.0 Å². The summed E-state index contributed by atoms with van der Waals surface area (Å²) in [6.45, 7) is 3.72. The van der Waals surface area contributed by atoms with Crippen molar-refractivity contribution in [3.05, 3.63) is 29.8 Å². The first-order valence-corrected chi connectivity index (χ1v) is 9.41. The van der Waals surface area contributed by atoms with Gasteiger partial charge in [-0.25, -0.2) is 12.7 Å². The SMILES string of the molecule is COC(=O)C(C)(C)CCN(C)S(=O)(=O)c1cccc(CBr)c1. The zero-order valence-corrected chi connectivity index (χ0v) is 15.7. The maximum Gasteiger partial charge on any atom is 0.311 e. The van der Waals surface area contributed by atoms with E-state index in [4.69, 9.17) is 4.74 Å². The van der Waals surface area contributed by atoms with Gasteiger partial charge in [0.15, 0.2) is 0 Å². The Kier molecular flexibility index (Phi) is 6.58. The van der Waals surface area contributed by atoms with Gasteiger partial charge in [0.25, 0.3) is 0 Å². The molecule has 7 heteroatoms. The van der Waals surface area contributed by atoms with E-state index < -0.39 is 15.4 Å². The van der Waals surface area contributed by atoms with Crippen molar-refractivity contribution in [2.75, 3.05) is 20.7 Å². The maximum absolute atomic E-state index is 12.6. The van der Waals surface area contributed by atoms with E-state index in [9.17, 15) is 13.2 Å². The highest BCUT2D eigenvalue weighted by Gasteiger charge is 2.30. The van der Waals surface area contributed by atoms with Crippen LogP contribution in [-0.4, -0.2) is 39.4 Å². The summed E-state index contributed by atoms with van der Waals surface area (Å²) in [4.78, 5) is 11.9. The van der Waals surface area contributed by atoms with Crippen LogP contribution in [0.2, 0.25) is 0 Å². The summed E-state index contributed by atoms with van der Waals surface area (Å²) in [5.74, 6) is -0.348. The van der Waals surface area contributed by atoms with Gasteiger partial charge >= 0.3 is 5.97 Å². The van der Waals surface area contributed by atoms with Gasteiger partial charge in [-0.3, -0.25) is 4.79 Å². The summed E-state index contributed by atoms with van der Waals surface area (Å²) in [5.41, 5.74) is 0.167. The summed E-state index contributed by atoms with van der Waals surface area (Å²) in [5, 5.41) is 0.593. The fourth-order valence-corrected chi connectivity index (χ4v) is 3.50. The van der Waals surface area contributed by atoms with E-state index in [2.05, 4.69) is 15.9 Å². The predicted octanol–water partition coefficient (Wildman–Crippen LogP) is 2.79. The van der Waals surface area contributed by atoms with Gasteiger partial charge in [0.05, 0.1) is 17.4 Å². The topological polar surface area (TPSA) is 63.7 Å². The van der Waals surface area contributed by atoms with Crippen LogP contribution >= 0.6 is 15.9 Å². The second-order valence-corrected chi connectivity index (χ2v) is 8.34. The molecule has 0 unspecified atom stereocenters. The molecule has 1 aromatic carbocycles. The van der Waals surface area contributed by atoms with Crippen LogP contribution in [0.5, 0.6) is 0 Å². The van der Waals surface area contributed by atoms with Crippen molar-refractivity contribution in [3.63, 3.8) is 0 Å². The van der Waals surface area contributed by atoms with Gasteiger partial charge in [-0.2, -0.15) is 0 Å². The second-order valence-electron chi connectivity index (χ2n) is 5.73. The molecule has 0 amide bonds. The number of methoxy groups -OCH3 is 1. The molecule has 0 bridgehead atoms. The van der Waals surface area contributed by atoms with Crippen LogP contribution in [0.15, 0.2) is 29.2 Å². The van der Waals surface area contributed by atoms with Crippen molar-refractivity contribution >= 4 is 31.9 Å². The maximum atomic E-state index is 12.6. The molecule has 0 aromatic heterocycles. The number of carbonyl (C=O) groups is 1. The number of carbonyl (C=O) groups excluding carboxylic acids is 1. The Morgan fingerprint density at radius 1 is 1.36 bits per heavy atom. The minimum absolute atomic E-state index is 0.239. The molecule has 0 aliphatic carbocycles. The number of rotatable bonds is 7. The first-order chi connectivity index (χ1) is 10.1. The molecule has 22 heavy (non-hydrogen) atoms. The molecular weight excluding hydrogens is 370 g/mol. The van der Waals surface area contributed by atoms with E-state index in [1.165, 1.54) is 18.5 Å². The van der Waals surface area contributed by atoms with Crippen LogP contribution in [0.25, 0.3) is 0 Å². The smallest absolute Gasteiger partial charge is 0.311 e. The molecule has 0 saturated heterocycles. The largest absolute Gasteiger partial charge is 0.469 e.